The standard InChI is InChI=1S/C13H15FN2O2S/c14-13-7-6-12(8-10(13)9-15)19(17,18)16-11-4-2-1-3-5-11/h6-8,11,16H,1-5H2. The van der Waals surface area contributed by atoms with Crippen LogP contribution in [-0.4, -0.2) is 14.5 Å². The number of halogens is 1. The summed E-state index contributed by atoms with van der Waals surface area (Å²) in [5.74, 6) is -0.709. The number of sulfonamides is 1. The lowest BCUT2D eigenvalue weighted by Crippen LogP contribution is -2.36. The Balaban J connectivity index is 2.21. The van der Waals surface area contributed by atoms with Gasteiger partial charge < -0.3 is 0 Å². The first-order valence-electron chi connectivity index (χ1n) is 6.25. The van der Waals surface area contributed by atoms with Crippen molar-refractivity contribution in [2.45, 2.75) is 43.0 Å². The van der Waals surface area contributed by atoms with Crippen LogP contribution in [0.25, 0.3) is 0 Å². The summed E-state index contributed by atoms with van der Waals surface area (Å²) >= 11 is 0. The number of hydrogen-bond donors (Lipinski definition) is 1. The first-order chi connectivity index (χ1) is 9.03. The number of nitrogens with one attached hydrogen (secondary N) is 1. The number of benzene rings is 1. The summed E-state index contributed by atoms with van der Waals surface area (Å²) < 4.78 is 40.1. The van der Waals surface area contributed by atoms with E-state index in [1.165, 1.54) is 6.07 Å². The van der Waals surface area contributed by atoms with Gasteiger partial charge in [-0.15, -0.1) is 0 Å². The molecule has 1 aliphatic rings. The minimum atomic E-state index is -3.68. The maximum Gasteiger partial charge on any atom is 0.240 e. The monoisotopic (exact) mass is 282 g/mol. The molecular formula is C13H15FN2O2S. The molecule has 0 amide bonds. The van der Waals surface area contributed by atoms with Gasteiger partial charge in [0.25, 0.3) is 0 Å². The molecule has 0 atom stereocenters. The summed E-state index contributed by atoms with van der Waals surface area (Å²) in [5, 5.41) is 8.72. The lowest BCUT2D eigenvalue weighted by atomic mass is 9.96. The molecule has 2 rings (SSSR count). The molecule has 0 unspecified atom stereocenters. The highest BCUT2D eigenvalue weighted by molar-refractivity contribution is 7.89. The molecule has 102 valence electrons. The van der Waals surface area contributed by atoms with Crippen molar-refractivity contribution in [2.75, 3.05) is 0 Å². The molecule has 0 radical (unpaired) electrons. The van der Waals surface area contributed by atoms with Crippen LogP contribution in [0.1, 0.15) is 37.7 Å². The highest BCUT2D eigenvalue weighted by Crippen LogP contribution is 2.20. The van der Waals surface area contributed by atoms with Crippen molar-refractivity contribution in [1.29, 1.82) is 5.26 Å². The first kappa shape index (κ1) is 14.0. The zero-order chi connectivity index (χ0) is 13.9. The Kier molecular flexibility index (Phi) is 4.17. The third-order valence-corrected chi connectivity index (χ3v) is 4.81. The largest absolute Gasteiger partial charge is 0.240 e. The molecule has 0 bridgehead atoms. The summed E-state index contributed by atoms with van der Waals surface area (Å²) in [6.07, 6.45) is 4.81. The molecule has 0 aliphatic heterocycles. The summed E-state index contributed by atoms with van der Waals surface area (Å²) in [5.41, 5.74) is -0.258. The van der Waals surface area contributed by atoms with Crippen LogP contribution in [0.5, 0.6) is 0 Å². The fourth-order valence-corrected chi connectivity index (χ4v) is 3.60. The summed E-state index contributed by atoms with van der Waals surface area (Å²) in [6, 6.07) is 4.84. The third kappa shape index (κ3) is 3.31. The van der Waals surface area contributed by atoms with Gasteiger partial charge in [0.2, 0.25) is 10.0 Å². The molecule has 1 fully saturated rings. The number of nitriles is 1. The Labute approximate surface area is 112 Å². The van der Waals surface area contributed by atoms with Crippen LogP contribution >= 0.6 is 0 Å². The lowest BCUT2D eigenvalue weighted by Gasteiger charge is -2.22. The maximum atomic E-state index is 13.2. The van der Waals surface area contributed by atoms with Crippen molar-refractivity contribution in [3.63, 3.8) is 0 Å². The van der Waals surface area contributed by atoms with Crippen LogP contribution in [0.3, 0.4) is 0 Å². The second-order valence-electron chi connectivity index (χ2n) is 4.71. The molecule has 1 aromatic rings. The van der Waals surface area contributed by atoms with E-state index >= 15 is 0 Å². The fraction of sp³-hybridized carbons (Fsp3) is 0.462. The summed E-state index contributed by atoms with van der Waals surface area (Å²) in [4.78, 5) is -0.0592. The fourth-order valence-electron chi connectivity index (χ4n) is 2.27. The summed E-state index contributed by atoms with van der Waals surface area (Å²) in [7, 11) is -3.68. The first-order valence-corrected chi connectivity index (χ1v) is 7.73. The minimum absolute atomic E-state index is 0.0592. The van der Waals surface area contributed by atoms with Crippen LogP contribution in [0.4, 0.5) is 4.39 Å². The van der Waals surface area contributed by atoms with Crippen molar-refractivity contribution in [2.24, 2.45) is 0 Å². The maximum absolute atomic E-state index is 13.2. The molecule has 0 saturated heterocycles. The lowest BCUT2D eigenvalue weighted by molar-refractivity contribution is 0.412. The molecule has 19 heavy (non-hydrogen) atoms. The Morgan fingerprint density at radius 2 is 1.95 bits per heavy atom. The average Bonchev–Trinajstić information content (AvgIpc) is 2.39. The minimum Gasteiger partial charge on any atom is -0.208 e. The second-order valence-corrected chi connectivity index (χ2v) is 6.42. The van der Waals surface area contributed by atoms with Gasteiger partial charge in [-0.1, -0.05) is 19.3 Å². The van der Waals surface area contributed by atoms with Gasteiger partial charge >= 0.3 is 0 Å². The molecule has 1 N–H and O–H groups in total. The van der Waals surface area contributed by atoms with E-state index in [1.807, 2.05) is 0 Å². The van der Waals surface area contributed by atoms with Crippen molar-refractivity contribution in [1.82, 2.24) is 4.72 Å². The molecule has 6 heteroatoms. The van der Waals surface area contributed by atoms with Gasteiger partial charge in [-0.3, -0.25) is 0 Å². The van der Waals surface area contributed by atoms with Gasteiger partial charge in [0.05, 0.1) is 10.5 Å². The molecule has 1 aromatic carbocycles. The predicted octanol–water partition coefficient (Wildman–Crippen LogP) is 2.31. The molecule has 0 heterocycles. The molecule has 4 nitrogen and oxygen atoms in total. The van der Waals surface area contributed by atoms with E-state index in [0.29, 0.717) is 0 Å². The highest BCUT2D eigenvalue weighted by Gasteiger charge is 2.22. The molecular weight excluding hydrogens is 267 g/mol. The Bertz CT molecular complexity index is 602. The Hall–Kier alpha value is -1.45. The van der Waals surface area contributed by atoms with Crippen LogP contribution in [0, 0.1) is 17.1 Å². The van der Waals surface area contributed by atoms with Crippen molar-refractivity contribution in [3.8, 4) is 6.07 Å². The van der Waals surface area contributed by atoms with Gasteiger partial charge in [0, 0.05) is 6.04 Å². The van der Waals surface area contributed by atoms with E-state index in [1.54, 1.807) is 6.07 Å². The predicted molar refractivity (Wildman–Crippen MR) is 68.3 cm³/mol. The molecule has 0 aromatic heterocycles. The average molecular weight is 282 g/mol. The van der Waals surface area contributed by atoms with Crippen molar-refractivity contribution >= 4 is 10.0 Å². The van der Waals surface area contributed by atoms with E-state index in [9.17, 15) is 12.8 Å². The van der Waals surface area contributed by atoms with Crippen LogP contribution in [-0.2, 0) is 10.0 Å². The summed E-state index contributed by atoms with van der Waals surface area (Å²) in [6.45, 7) is 0. The van der Waals surface area contributed by atoms with E-state index in [4.69, 9.17) is 5.26 Å². The van der Waals surface area contributed by atoms with Gasteiger partial charge in [-0.2, -0.15) is 5.26 Å². The van der Waals surface area contributed by atoms with Crippen molar-refractivity contribution < 1.29 is 12.8 Å². The van der Waals surface area contributed by atoms with Crippen LogP contribution in [0.15, 0.2) is 23.1 Å². The van der Waals surface area contributed by atoms with E-state index in [0.717, 1.165) is 44.2 Å². The van der Waals surface area contributed by atoms with Gasteiger partial charge in [0.15, 0.2) is 0 Å². The SMILES string of the molecule is N#Cc1cc(S(=O)(=O)NC2CCCCC2)ccc1F. The molecule has 0 spiro atoms. The Morgan fingerprint density at radius 3 is 2.58 bits per heavy atom. The van der Waals surface area contributed by atoms with Gasteiger partial charge in [-0.05, 0) is 31.0 Å². The number of rotatable bonds is 3. The van der Waals surface area contributed by atoms with E-state index in [-0.39, 0.29) is 16.5 Å². The smallest absolute Gasteiger partial charge is 0.208 e. The third-order valence-electron chi connectivity index (χ3n) is 3.30. The van der Waals surface area contributed by atoms with Gasteiger partial charge in [-0.25, -0.2) is 17.5 Å². The zero-order valence-electron chi connectivity index (χ0n) is 10.4. The quantitative estimate of drug-likeness (QED) is 0.924. The normalized spacial score (nSPS) is 17.1. The van der Waals surface area contributed by atoms with Crippen LogP contribution in [0.2, 0.25) is 0 Å². The van der Waals surface area contributed by atoms with E-state index in [2.05, 4.69) is 4.72 Å². The second kappa shape index (κ2) is 5.68. The zero-order valence-corrected chi connectivity index (χ0v) is 11.2. The highest BCUT2D eigenvalue weighted by atomic mass is 32.2. The van der Waals surface area contributed by atoms with Crippen LogP contribution < -0.4 is 4.72 Å². The topological polar surface area (TPSA) is 70.0 Å². The van der Waals surface area contributed by atoms with Gasteiger partial charge in [0.1, 0.15) is 11.9 Å². The Morgan fingerprint density at radius 1 is 1.26 bits per heavy atom. The molecule has 1 aliphatic carbocycles. The number of nitrogens with zero attached hydrogens (tertiary/aromatic N) is 1. The number of hydrogen-bond acceptors (Lipinski definition) is 3. The van der Waals surface area contributed by atoms with E-state index < -0.39 is 15.8 Å². The molecule has 1 saturated carbocycles. The van der Waals surface area contributed by atoms with Crippen molar-refractivity contribution in [3.05, 3.63) is 29.6 Å².